The molecule has 0 bridgehead atoms. The molecule has 158 valence electrons. The Bertz CT molecular complexity index is 1360. The molecule has 0 radical (unpaired) electrons. The quantitative estimate of drug-likeness (QED) is 0.490. The maximum Gasteiger partial charge on any atom is 0.433 e. The van der Waals surface area contributed by atoms with Crippen LogP contribution >= 0.6 is 0 Å². The lowest BCUT2D eigenvalue weighted by atomic mass is 10.1. The van der Waals surface area contributed by atoms with Crippen LogP contribution in [0.2, 0.25) is 0 Å². The van der Waals surface area contributed by atoms with E-state index in [-0.39, 0.29) is 12.5 Å². The van der Waals surface area contributed by atoms with Crippen molar-refractivity contribution in [2.75, 3.05) is 6.61 Å². The lowest BCUT2D eigenvalue weighted by molar-refractivity contribution is -0.141. The molecule has 0 saturated heterocycles. The molecule has 4 heterocycles. The second-order valence-electron chi connectivity index (χ2n) is 7.34. The number of fused-ring (bicyclic) bond motifs is 4. The van der Waals surface area contributed by atoms with Gasteiger partial charge in [-0.15, -0.1) is 0 Å². The summed E-state index contributed by atoms with van der Waals surface area (Å²) in [5.74, 6) is -0.132. The van der Waals surface area contributed by atoms with Crippen LogP contribution in [0.3, 0.4) is 0 Å². The lowest BCUT2D eigenvalue weighted by Gasteiger charge is -2.13. The summed E-state index contributed by atoms with van der Waals surface area (Å²) < 4.78 is 45.2. The summed E-state index contributed by atoms with van der Waals surface area (Å²) in [7, 11) is 0. The maximum absolute atomic E-state index is 13.1. The third-order valence-electron chi connectivity index (χ3n) is 5.30. The molecule has 1 aliphatic rings. The number of halogens is 3. The fourth-order valence-corrected chi connectivity index (χ4v) is 3.94. The first-order chi connectivity index (χ1) is 14.7. The van der Waals surface area contributed by atoms with Gasteiger partial charge in [-0.2, -0.15) is 23.0 Å². The zero-order chi connectivity index (χ0) is 21.9. The summed E-state index contributed by atoms with van der Waals surface area (Å²) in [6.07, 6.45) is -4.57. The molecule has 0 spiro atoms. The van der Waals surface area contributed by atoms with Crippen LogP contribution in [0.5, 0.6) is 5.88 Å². The summed E-state index contributed by atoms with van der Waals surface area (Å²) in [5.41, 5.74) is 2.12. The van der Waals surface area contributed by atoms with Crippen molar-refractivity contribution < 1.29 is 22.7 Å². The Morgan fingerprint density at radius 2 is 1.90 bits per heavy atom. The van der Waals surface area contributed by atoms with Crippen LogP contribution in [0.1, 0.15) is 28.7 Å². The molecule has 0 aliphatic carbocycles. The van der Waals surface area contributed by atoms with E-state index in [9.17, 15) is 18.0 Å². The van der Waals surface area contributed by atoms with Crippen molar-refractivity contribution >= 4 is 27.8 Å². The Hall–Kier alpha value is -3.69. The van der Waals surface area contributed by atoms with Crippen molar-refractivity contribution in [3.05, 3.63) is 59.0 Å². The van der Waals surface area contributed by atoms with Gasteiger partial charge in [-0.25, -0.2) is 9.78 Å². The van der Waals surface area contributed by atoms with E-state index in [1.165, 1.54) is 10.7 Å². The number of hydrogen-bond donors (Lipinski definition) is 1. The number of alkyl halides is 3. The third-order valence-corrected chi connectivity index (χ3v) is 5.30. The van der Waals surface area contributed by atoms with Crippen LogP contribution in [0.25, 0.3) is 21.8 Å². The number of aryl methyl sites for hydroxylation is 2. The minimum Gasteiger partial charge on any atom is -0.475 e. The van der Waals surface area contributed by atoms with Crippen molar-refractivity contribution in [1.29, 1.82) is 0 Å². The van der Waals surface area contributed by atoms with Gasteiger partial charge in [-0.05, 0) is 32.0 Å². The summed E-state index contributed by atoms with van der Waals surface area (Å²) in [5, 5.41) is 8.76. The fraction of sp³-hybridized carbons (Fsp3) is 0.238. The smallest absolute Gasteiger partial charge is 0.433 e. The van der Waals surface area contributed by atoms with E-state index < -0.39 is 23.9 Å². The molecule has 7 nitrogen and oxygen atoms in total. The van der Waals surface area contributed by atoms with Crippen LogP contribution < -0.4 is 10.1 Å². The number of aromatic nitrogens is 4. The van der Waals surface area contributed by atoms with E-state index in [1.807, 2.05) is 31.2 Å². The number of nitrogens with zero attached hydrogens (tertiary/aromatic N) is 4. The summed E-state index contributed by atoms with van der Waals surface area (Å²) in [6, 6.07) is 8.43. The molecule has 0 fully saturated rings. The van der Waals surface area contributed by atoms with Crippen molar-refractivity contribution in [3.8, 4) is 5.88 Å². The van der Waals surface area contributed by atoms with Crippen LogP contribution in [-0.2, 0) is 6.18 Å². The highest BCUT2D eigenvalue weighted by molar-refractivity contribution is 6.08. The van der Waals surface area contributed by atoms with Gasteiger partial charge in [0.25, 0.3) is 0 Å². The largest absolute Gasteiger partial charge is 0.475 e. The topological polar surface area (TPSA) is 81.9 Å². The lowest BCUT2D eigenvalue weighted by Crippen LogP contribution is -2.33. The van der Waals surface area contributed by atoms with Gasteiger partial charge in [0.2, 0.25) is 5.88 Å². The molecular weight excluding hydrogens is 411 g/mol. The molecular formula is C21H16F3N5O2. The highest BCUT2D eigenvalue weighted by Gasteiger charge is 2.36. The summed E-state index contributed by atoms with van der Waals surface area (Å²) in [4.78, 5) is 21.3. The van der Waals surface area contributed by atoms with E-state index in [1.54, 1.807) is 6.92 Å². The molecule has 1 aliphatic heterocycles. The number of ether oxygens (including phenoxy) is 1. The van der Waals surface area contributed by atoms with Crippen molar-refractivity contribution in [3.63, 3.8) is 0 Å². The molecule has 1 N–H and O–H groups in total. The molecule has 31 heavy (non-hydrogen) atoms. The van der Waals surface area contributed by atoms with Crippen LogP contribution in [-0.4, -0.2) is 32.4 Å². The second-order valence-corrected chi connectivity index (χ2v) is 7.34. The number of carbonyl (C=O) groups is 1. The average Bonchev–Trinajstić information content (AvgIpc) is 3.29. The zero-order valence-corrected chi connectivity index (χ0v) is 16.5. The van der Waals surface area contributed by atoms with Crippen molar-refractivity contribution in [2.45, 2.75) is 26.1 Å². The molecule has 1 aromatic carbocycles. The van der Waals surface area contributed by atoms with Gasteiger partial charge in [-0.1, -0.05) is 18.2 Å². The number of hydrogen-bond acceptors (Lipinski definition) is 5. The molecule has 5 rings (SSSR count). The second kappa shape index (κ2) is 6.66. The number of carbonyl (C=O) groups excluding carboxylic acids is 1. The van der Waals surface area contributed by atoms with Crippen LogP contribution in [0.15, 0.2) is 36.4 Å². The van der Waals surface area contributed by atoms with Gasteiger partial charge >= 0.3 is 12.2 Å². The van der Waals surface area contributed by atoms with Crippen molar-refractivity contribution in [2.24, 2.45) is 0 Å². The van der Waals surface area contributed by atoms with Gasteiger partial charge in [0.05, 0.1) is 22.8 Å². The Balaban J connectivity index is 1.53. The number of benzene rings is 1. The van der Waals surface area contributed by atoms with Crippen LogP contribution in [0.4, 0.5) is 18.0 Å². The molecule has 10 heteroatoms. The molecule has 3 aromatic heterocycles. The molecule has 1 amide bonds. The Kier molecular flexibility index (Phi) is 4.14. The average molecular weight is 427 g/mol. The zero-order valence-electron chi connectivity index (χ0n) is 16.5. The van der Waals surface area contributed by atoms with Crippen molar-refractivity contribution in [1.82, 2.24) is 25.1 Å². The first kappa shape index (κ1) is 19.3. The van der Waals surface area contributed by atoms with Crippen LogP contribution in [0, 0.1) is 13.8 Å². The Morgan fingerprint density at radius 3 is 2.68 bits per heavy atom. The number of amides is 1. The first-order valence-electron chi connectivity index (χ1n) is 9.50. The van der Waals surface area contributed by atoms with Gasteiger partial charge in [-0.3, -0.25) is 4.98 Å². The molecule has 0 unspecified atom stereocenters. The SMILES string of the molecule is Cc1nc2ccccc2c2c1c(C)nn2C(=O)N[C@@H]1COc2nc(C(F)(F)F)ccc21. The monoisotopic (exact) mass is 427 g/mol. The molecule has 0 saturated carbocycles. The van der Waals surface area contributed by atoms with E-state index in [0.717, 1.165) is 28.0 Å². The summed E-state index contributed by atoms with van der Waals surface area (Å²) >= 11 is 0. The van der Waals surface area contributed by atoms with Gasteiger partial charge in [0, 0.05) is 22.0 Å². The normalized spacial score (nSPS) is 15.8. The van der Waals surface area contributed by atoms with E-state index in [0.29, 0.717) is 16.8 Å². The number of pyridine rings is 2. The number of para-hydroxylation sites is 1. The first-order valence-corrected chi connectivity index (χ1v) is 9.50. The third kappa shape index (κ3) is 3.06. The fourth-order valence-electron chi connectivity index (χ4n) is 3.94. The molecule has 4 aromatic rings. The Morgan fingerprint density at radius 1 is 1.13 bits per heavy atom. The summed E-state index contributed by atoms with van der Waals surface area (Å²) in [6.45, 7) is 3.64. The predicted octanol–water partition coefficient (Wildman–Crippen LogP) is 4.31. The number of rotatable bonds is 1. The Labute approximate surface area is 173 Å². The van der Waals surface area contributed by atoms with Gasteiger partial charge in [0.15, 0.2) is 0 Å². The highest BCUT2D eigenvalue weighted by Crippen LogP contribution is 2.36. The minimum absolute atomic E-state index is 0.0190. The van der Waals surface area contributed by atoms with E-state index in [4.69, 9.17) is 4.74 Å². The van der Waals surface area contributed by atoms with Gasteiger partial charge < -0.3 is 10.1 Å². The minimum atomic E-state index is -4.57. The predicted molar refractivity (Wildman–Crippen MR) is 106 cm³/mol. The van der Waals surface area contributed by atoms with Gasteiger partial charge in [0.1, 0.15) is 12.3 Å². The maximum atomic E-state index is 13.1. The standard InChI is InChI=1S/C21H16F3N5O2/c1-10-17-11(2)28-29(18(17)12-5-3-4-6-14(12)25-10)20(30)26-15-9-31-19-13(15)7-8-16(27-19)21(22,23)24/h3-8,15H,9H2,1-2H3,(H,26,30)/t15-/m1/s1. The van der Waals surface area contributed by atoms with E-state index >= 15 is 0 Å². The number of nitrogens with one attached hydrogen (secondary N) is 1. The van der Waals surface area contributed by atoms with E-state index in [2.05, 4.69) is 20.4 Å². The molecule has 1 atom stereocenters. The highest BCUT2D eigenvalue weighted by atomic mass is 19.4.